The van der Waals surface area contributed by atoms with E-state index in [2.05, 4.69) is 26.8 Å². The first-order valence-corrected chi connectivity index (χ1v) is 6.89. The van der Waals surface area contributed by atoms with E-state index < -0.39 is 0 Å². The molecule has 4 rings (SSSR count). The lowest BCUT2D eigenvalue weighted by molar-refractivity contribution is -0.210. The summed E-state index contributed by atoms with van der Waals surface area (Å²) in [5, 5.41) is 9.81. The molecule has 1 N–H and O–H groups in total. The second kappa shape index (κ2) is 3.35. The number of fused-ring (bicyclic) bond motifs is 1. The third-order valence-electron chi connectivity index (χ3n) is 5.98. The Hall–Kier alpha value is -0.300. The lowest BCUT2D eigenvalue weighted by Crippen LogP contribution is -2.66. The Bertz CT molecular complexity index is 330. The SMILES string of the molecule is CC1=CCC2C3C1[C@]2(CO)CC[C@@H]3C(C)C. The summed E-state index contributed by atoms with van der Waals surface area (Å²) in [5.74, 6) is 4.14. The van der Waals surface area contributed by atoms with Crippen molar-refractivity contribution in [1.29, 1.82) is 0 Å². The molecule has 0 heterocycles. The van der Waals surface area contributed by atoms with Crippen molar-refractivity contribution in [3.8, 4) is 0 Å². The average molecular weight is 220 g/mol. The van der Waals surface area contributed by atoms with E-state index in [1.165, 1.54) is 19.3 Å². The molecule has 4 bridgehead atoms. The fourth-order valence-corrected chi connectivity index (χ4v) is 5.29. The normalized spacial score (nSPS) is 49.9. The van der Waals surface area contributed by atoms with Crippen LogP contribution in [0.4, 0.5) is 0 Å². The van der Waals surface area contributed by atoms with E-state index >= 15 is 0 Å². The number of allylic oxidation sites excluding steroid dienone is 2. The van der Waals surface area contributed by atoms with Gasteiger partial charge >= 0.3 is 0 Å². The van der Waals surface area contributed by atoms with Crippen molar-refractivity contribution in [2.45, 2.75) is 40.0 Å². The molecule has 16 heavy (non-hydrogen) atoms. The minimum Gasteiger partial charge on any atom is -0.396 e. The molecule has 1 nitrogen and oxygen atoms in total. The van der Waals surface area contributed by atoms with Gasteiger partial charge in [-0.3, -0.25) is 0 Å². The highest BCUT2D eigenvalue weighted by molar-refractivity contribution is 5.29. The molecule has 90 valence electrons. The molecule has 1 heteroatoms. The lowest BCUT2D eigenvalue weighted by atomic mass is 9.34. The summed E-state index contributed by atoms with van der Waals surface area (Å²) in [6.07, 6.45) is 6.28. The van der Waals surface area contributed by atoms with Crippen molar-refractivity contribution in [2.24, 2.45) is 35.0 Å². The molecule has 0 aromatic rings. The van der Waals surface area contributed by atoms with Crippen LogP contribution >= 0.6 is 0 Å². The first-order valence-electron chi connectivity index (χ1n) is 6.89. The van der Waals surface area contributed by atoms with E-state index in [1.54, 1.807) is 5.57 Å². The smallest absolute Gasteiger partial charge is 0.0496 e. The monoisotopic (exact) mass is 220 g/mol. The van der Waals surface area contributed by atoms with Gasteiger partial charge in [-0.2, -0.15) is 0 Å². The standard InChI is InChI=1S/C15H24O/c1-9(2)11-6-7-15(8-16)12-5-4-10(3)14(15)13(11)12/h4,9,11-14,16H,5-8H2,1-3H3/t11-,12?,13?,14?,15+/m1/s1. The molecule has 5 atom stereocenters. The fourth-order valence-electron chi connectivity index (χ4n) is 5.29. The highest BCUT2D eigenvalue weighted by Crippen LogP contribution is 2.71. The van der Waals surface area contributed by atoms with E-state index in [0.717, 1.165) is 29.6 Å². The molecular weight excluding hydrogens is 196 g/mol. The van der Waals surface area contributed by atoms with Crippen LogP contribution in [0.15, 0.2) is 11.6 Å². The van der Waals surface area contributed by atoms with Gasteiger partial charge in [-0.05, 0) is 55.8 Å². The van der Waals surface area contributed by atoms with E-state index in [0.29, 0.717) is 12.0 Å². The van der Waals surface area contributed by atoms with E-state index in [1.807, 2.05) is 0 Å². The molecule has 0 spiro atoms. The Morgan fingerprint density at radius 1 is 1.50 bits per heavy atom. The van der Waals surface area contributed by atoms with Gasteiger partial charge in [0.15, 0.2) is 0 Å². The van der Waals surface area contributed by atoms with E-state index in [-0.39, 0.29) is 0 Å². The summed E-state index contributed by atoms with van der Waals surface area (Å²) >= 11 is 0. The second-order valence-corrected chi connectivity index (χ2v) is 6.68. The second-order valence-electron chi connectivity index (χ2n) is 6.68. The Kier molecular flexibility index (Phi) is 2.27. The minimum atomic E-state index is 0.300. The van der Waals surface area contributed by atoms with Crippen LogP contribution in [0.25, 0.3) is 0 Å². The van der Waals surface area contributed by atoms with Gasteiger partial charge in [0.05, 0.1) is 0 Å². The van der Waals surface area contributed by atoms with E-state index in [9.17, 15) is 5.11 Å². The number of aliphatic hydroxyl groups excluding tert-OH is 1. The summed E-state index contributed by atoms with van der Waals surface area (Å²) in [5.41, 5.74) is 1.88. The Balaban J connectivity index is 1.95. The van der Waals surface area contributed by atoms with Crippen LogP contribution in [0, 0.1) is 35.0 Å². The van der Waals surface area contributed by atoms with Gasteiger partial charge < -0.3 is 5.11 Å². The van der Waals surface area contributed by atoms with Gasteiger partial charge in [0.25, 0.3) is 0 Å². The van der Waals surface area contributed by atoms with Gasteiger partial charge in [0, 0.05) is 12.0 Å². The first-order chi connectivity index (χ1) is 7.62. The molecular formula is C15H24O. The molecule has 2 saturated carbocycles. The van der Waals surface area contributed by atoms with Gasteiger partial charge in [-0.25, -0.2) is 0 Å². The van der Waals surface area contributed by atoms with Crippen LogP contribution < -0.4 is 0 Å². The molecule has 0 aromatic heterocycles. The van der Waals surface area contributed by atoms with Crippen molar-refractivity contribution < 1.29 is 5.11 Å². The quantitative estimate of drug-likeness (QED) is 0.708. The number of hydrogen-bond acceptors (Lipinski definition) is 1. The molecule has 0 amide bonds. The molecule has 0 saturated heterocycles. The molecule has 3 unspecified atom stereocenters. The van der Waals surface area contributed by atoms with E-state index in [4.69, 9.17) is 0 Å². The highest BCUT2D eigenvalue weighted by Gasteiger charge is 2.67. The average Bonchev–Trinajstić information content (AvgIpc) is 2.28. The Morgan fingerprint density at radius 3 is 2.81 bits per heavy atom. The van der Waals surface area contributed by atoms with Crippen LogP contribution in [-0.4, -0.2) is 11.7 Å². The minimum absolute atomic E-state index is 0.300. The molecule has 0 aromatic carbocycles. The van der Waals surface area contributed by atoms with Crippen molar-refractivity contribution in [1.82, 2.24) is 0 Å². The topological polar surface area (TPSA) is 20.2 Å². The van der Waals surface area contributed by atoms with Gasteiger partial charge in [-0.1, -0.05) is 25.5 Å². The summed E-state index contributed by atoms with van der Waals surface area (Å²) in [6, 6.07) is 0. The van der Waals surface area contributed by atoms with Crippen LogP contribution in [0.2, 0.25) is 0 Å². The fraction of sp³-hybridized carbons (Fsp3) is 0.867. The van der Waals surface area contributed by atoms with Crippen molar-refractivity contribution in [3.63, 3.8) is 0 Å². The molecule has 4 aliphatic carbocycles. The maximum absolute atomic E-state index is 9.81. The maximum atomic E-state index is 9.81. The molecule has 0 radical (unpaired) electrons. The third kappa shape index (κ3) is 1.06. The summed E-state index contributed by atoms with van der Waals surface area (Å²) in [4.78, 5) is 0. The molecule has 2 fully saturated rings. The van der Waals surface area contributed by atoms with Gasteiger partial charge in [-0.15, -0.1) is 0 Å². The first kappa shape index (κ1) is 10.8. The summed E-state index contributed by atoms with van der Waals surface area (Å²) in [6.45, 7) is 7.47. The predicted molar refractivity (Wildman–Crippen MR) is 65.9 cm³/mol. The van der Waals surface area contributed by atoms with Crippen molar-refractivity contribution in [3.05, 3.63) is 11.6 Å². The zero-order chi connectivity index (χ0) is 11.5. The zero-order valence-electron chi connectivity index (χ0n) is 10.7. The largest absolute Gasteiger partial charge is 0.396 e. The molecule has 4 aliphatic rings. The van der Waals surface area contributed by atoms with Crippen LogP contribution in [0.3, 0.4) is 0 Å². The maximum Gasteiger partial charge on any atom is 0.0496 e. The zero-order valence-corrected chi connectivity index (χ0v) is 10.7. The number of hydrogen-bond donors (Lipinski definition) is 1. The van der Waals surface area contributed by atoms with Gasteiger partial charge in [0.1, 0.15) is 0 Å². The Morgan fingerprint density at radius 2 is 2.25 bits per heavy atom. The predicted octanol–water partition coefficient (Wildman–Crippen LogP) is 3.24. The van der Waals surface area contributed by atoms with Gasteiger partial charge in [0.2, 0.25) is 0 Å². The van der Waals surface area contributed by atoms with Crippen molar-refractivity contribution in [2.75, 3.05) is 6.61 Å². The number of rotatable bonds is 2. The summed E-state index contributed by atoms with van der Waals surface area (Å²) in [7, 11) is 0. The Labute approximate surface area is 98.9 Å². The lowest BCUT2D eigenvalue weighted by Gasteiger charge is -2.70. The third-order valence-corrected chi connectivity index (χ3v) is 5.98. The van der Waals surface area contributed by atoms with Crippen LogP contribution in [-0.2, 0) is 0 Å². The van der Waals surface area contributed by atoms with Crippen LogP contribution in [0.5, 0.6) is 0 Å². The summed E-state index contributed by atoms with van der Waals surface area (Å²) < 4.78 is 0. The van der Waals surface area contributed by atoms with Crippen molar-refractivity contribution >= 4 is 0 Å². The number of aliphatic hydroxyl groups is 1. The molecule has 0 aliphatic heterocycles. The highest BCUT2D eigenvalue weighted by atomic mass is 16.3. The van der Waals surface area contributed by atoms with Crippen LogP contribution in [0.1, 0.15) is 40.0 Å².